The number of rotatable bonds is 10. The van der Waals surface area contributed by atoms with Crippen LogP contribution in [0.15, 0.2) is 102 Å². The molecule has 6 rings (SSSR count). The standard InChI is InChI=1S/C18H14F3N5O2S.C18H16N6O3/c1-11-23-16(14-4-2-3-9-22-14)26-17(24-11)25-15(27)10-12-5-7-13(8-6-12)29(28)18(19,20)21;1-11(13-6-8-14(9-7-13)24(26)27)17(25)23-18-21-12(2)20-16(22-18)15-5-3-4-10-19-15/h2-9H,10H2,1H3,(H,23,24,25,26,27);3-11H,1-2H3,(H,20,21,22,23,25). The molecule has 0 bridgehead atoms. The number of nitro benzene ring substituents is 1. The number of halogens is 3. The average Bonchev–Trinajstić information content (AvgIpc) is 3.17. The molecule has 6 aromatic rings. The van der Waals surface area contributed by atoms with Gasteiger partial charge in [-0.1, -0.05) is 36.4 Å². The van der Waals surface area contributed by atoms with Gasteiger partial charge in [-0.15, -0.1) is 0 Å². The second-order valence-electron chi connectivity index (χ2n) is 11.6. The molecule has 56 heavy (non-hydrogen) atoms. The molecule has 2 unspecified atom stereocenters. The minimum atomic E-state index is -4.83. The highest BCUT2D eigenvalue weighted by atomic mass is 32.2. The van der Waals surface area contributed by atoms with Gasteiger partial charge in [0.25, 0.3) is 5.69 Å². The number of hydrogen-bond donors (Lipinski definition) is 2. The third-order valence-corrected chi connectivity index (χ3v) is 8.60. The van der Waals surface area contributed by atoms with E-state index in [9.17, 15) is 37.1 Å². The van der Waals surface area contributed by atoms with Gasteiger partial charge >= 0.3 is 5.51 Å². The van der Waals surface area contributed by atoms with Gasteiger partial charge in [0, 0.05) is 29.4 Å². The lowest BCUT2D eigenvalue weighted by Crippen LogP contribution is -2.21. The van der Waals surface area contributed by atoms with Crippen LogP contribution in [0.3, 0.4) is 0 Å². The summed E-state index contributed by atoms with van der Waals surface area (Å²) >= 11 is 0. The number of nitrogens with one attached hydrogen (secondary N) is 2. The Morgan fingerprint density at radius 1 is 0.750 bits per heavy atom. The number of nitrogens with zero attached hydrogens (tertiary/aromatic N) is 9. The molecule has 0 aliphatic rings. The SMILES string of the molecule is Cc1nc(NC(=O)C(C)c2ccc([N+](=O)[O-])cc2)nc(-c2ccccn2)n1.Cc1nc(NC(=O)Cc2ccc(S(=O)C(F)(F)F)cc2)nc(-c2ccccn2)n1. The number of amides is 2. The van der Waals surface area contributed by atoms with E-state index in [1.807, 2.05) is 6.07 Å². The van der Waals surface area contributed by atoms with E-state index >= 15 is 0 Å². The van der Waals surface area contributed by atoms with Crippen LogP contribution in [0.4, 0.5) is 30.8 Å². The van der Waals surface area contributed by atoms with Crippen molar-refractivity contribution in [2.45, 2.75) is 43.5 Å². The van der Waals surface area contributed by atoms with Crippen LogP contribution in [0.2, 0.25) is 0 Å². The number of carbonyl (C=O) groups excluding carboxylic acids is 2. The molecular weight excluding hydrogens is 756 g/mol. The predicted molar refractivity (Wildman–Crippen MR) is 197 cm³/mol. The normalized spacial score (nSPS) is 12.0. The lowest BCUT2D eigenvalue weighted by molar-refractivity contribution is -0.384. The summed E-state index contributed by atoms with van der Waals surface area (Å²) in [6.07, 6.45) is 3.09. The Balaban J connectivity index is 0.000000215. The Labute approximate surface area is 318 Å². The van der Waals surface area contributed by atoms with Gasteiger partial charge in [0.2, 0.25) is 23.7 Å². The monoisotopic (exact) mass is 785 g/mol. The van der Waals surface area contributed by atoms with Crippen LogP contribution in [0.25, 0.3) is 23.0 Å². The third-order valence-electron chi connectivity index (χ3n) is 7.48. The number of non-ortho nitro benzene ring substituents is 1. The number of benzene rings is 2. The predicted octanol–water partition coefficient (Wildman–Crippen LogP) is 5.94. The van der Waals surface area contributed by atoms with Crippen molar-refractivity contribution in [3.8, 4) is 23.0 Å². The van der Waals surface area contributed by atoms with E-state index in [1.165, 1.54) is 24.3 Å². The van der Waals surface area contributed by atoms with Crippen molar-refractivity contribution >= 4 is 40.2 Å². The highest BCUT2D eigenvalue weighted by molar-refractivity contribution is 7.86. The van der Waals surface area contributed by atoms with E-state index in [1.54, 1.807) is 75.6 Å². The summed E-state index contributed by atoms with van der Waals surface area (Å²) in [5.41, 5.74) is -2.68. The molecule has 2 atom stereocenters. The number of nitro groups is 1. The van der Waals surface area contributed by atoms with Gasteiger partial charge in [-0.3, -0.25) is 40.3 Å². The summed E-state index contributed by atoms with van der Waals surface area (Å²) in [6, 6.07) is 21.2. The largest absolute Gasteiger partial charge is 0.475 e. The fourth-order valence-corrected chi connectivity index (χ4v) is 5.42. The van der Waals surface area contributed by atoms with Crippen molar-refractivity contribution in [2.24, 2.45) is 0 Å². The molecule has 16 nitrogen and oxygen atoms in total. The third kappa shape index (κ3) is 11.0. The van der Waals surface area contributed by atoms with E-state index < -0.39 is 33.1 Å². The highest BCUT2D eigenvalue weighted by Crippen LogP contribution is 2.26. The quantitative estimate of drug-likeness (QED) is 0.121. The van der Waals surface area contributed by atoms with Crippen LogP contribution < -0.4 is 10.6 Å². The molecule has 2 aromatic carbocycles. The Hall–Kier alpha value is -6.96. The molecule has 4 heterocycles. The summed E-state index contributed by atoms with van der Waals surface area (Å²) in [6.45, 7) is 5.04. The Kier molecular flexibility index (Phi) is 12.9. The first-order valence-electron chi connectivity index (χ1n) is 16.4. The van der Waals surface area contributed by atoms with Gasteiger partial charge in [-0.2, -0.15) is 33.1 Å². The van der Waals surface area contributed by atoms with Crippen LogP contribution in [-0.2, 0) is 26.8 Å². The number of carbonyl (C=O) groups is 2. The zero-order valence-electron chi connectivity index (χ0n) is 29.6. The van der Waals surface area contributed by atoms with Crippen LogP contribution in [0.1, 0.15) is 35.6 Å². The molecule has 0 aliphatic carbocycles. The minimum absolute atomic E-state index is 0.0283. The van der Waals surface area contributed by atoms with Crippen LogP contribution in [-0.4, -0.2) is 66.3 Å². The number of pyridine rings is 2. The first-order valence-corrected chi connectivity index (χ1v) is 17.5. The smallest absolute Gasteiger partial charge is 0.294 e. The summed E-state index contributed by atoms with van der Waals surface area (Å²) in [7, 11) is -3.11. The zero-order valence-corrected chi connectivity index (χ0v) is 30.4. The molecule has 4 aromatic heterocycles. The summed E-state index contributed by atoms with van der Waals surface area (Å²) in [5.74, 6) is 0.322. The van der Waals surface area contributed by atoms with Gasteiger partial charge in [0.1, 0.15) is 23.0 Å². The van der Waals surface area contributed by atoms with E-state index in [0.29, 0.717) is 45.8 Å². The number of aromatic nitrogens is 8. The van der Waals surface area contributed by atoms with Gasteiger partial charge in [-0.05, 0) is 68.3 Å². The van der Waals surface area contributed by atoms with Crippen molar-refractivity contribution in [1.82, 2.24) is 39.9 Å². The molecule has 0 spiro atoms. The summed E-state index contributed by atoms with van der Waals surface area (Å²) in [5, 5.41) is 15.9. The second-order valence-corrected chi connectivity index (χ2v) is 13.1. The van der Waals surface area contributed by atoms with Crippen molar-refractivity contribution in [2.75, 3.05) is 10.6 Å². The van der Waals surface area contributed by atoms with Crippen LogP contribution in [0, 0.1) is 24.0 Å². The van der Waals surface area contributed by atoms with Crippen molar-refractivity contribution in [3.05, 3.63) is 130 Å². The molecule has 0 saturated heterocycles. The van der Waals surface area contributed by atoms with Gasteiger partial charge < -0.3 is 0 Å². The maximum atomic E-state index is 12.5. The highest BCUT2D eigenvalue weighted by Gasteiger charge is 2.37. The zero-order chi connectivity index (χ0) is 40.4. The fourth-order valence-electron chi connectivity index (χ4n) is 4.77. The first-order chi connectivity index (χ1) is 26.7. The number of anilines is 2. The average molecular weight is 786 g/mol. The van der Waals surface area contributed by atoms with Gasteiger partial charge in [-0.25, -0.2) is 14.2 Å². The molecule has 0 aliphatic heterocycles. The summed E-state index contributed by atoms with van der Waals surface area (Å²) < 4.78 is 48.8. The maximum absolute atomic E-state index is 12.5. The fraction of sp³-hybridized carbons (Fsp3) is 0.167. The summed E-state index contributed by atoms with van der Waals surface area (Å²) in [4.78, 5) is 68.0. The molecule has 2 N–H and O–H groups in total. The second kappa shape index (κ2) is 17.9. The molecule has 20 heteroatoms. The first kappa shape index (κ1) is 40.2. The minimum Gasteiger partial charge on any atom is -0.294 e. The van der Waals surface area contributed by atoms with E-state index in [0.717, 1.165) is 12.1 Å². The Morgan fingerprint density at radius 2 is 1.27 bits per heavy atom. The lowest BCUT2D eigenvalue weighted by Gasteiger charge is -2.12. The number of hydrogen-bond acceptors (Lipinski definition) is 13. The van der Waals surface area contributed by atoms with Crippen LogP contribution >= 0.6 is 0 Å². The van der Waals surface area contributed by atoms with Crippen molar-refractivity contribution in [1.29, 1.82) is 0 Å². The van der Waals surface area contributed by atoms with Crippen LogP contribution in [0.5, 0.6) is 0 Å². The molecule has 2 amide bonds. The number of aryl methyl sites for hydroxylation is 2. The molecular formula is C36H30F3N11O5S. The van der Waals surface area contributed by atoms with E-state index in [4.69, 9.17) is 0 Å². The molecule has 286 valence electrons. The molecule has 0 radical (unpaired) electrons. The van der Waals surface area contributed by atoms with Crippen molar-refractivity contribution < 1.29 is 31.9 Å². The molecule has 0 saturated carbocycles. The molecule has 0 fully saturated rings. The lowest BCUT2D eigenvalue weighted by atomic mass is 10.0. The van der Waals surface area contributed by atoms with E-state index in [-0.39, 0.29) is 34.8 Å². The van der Waals surface area contributed by atoms with Gasteiger partial charge in [0.05, 0.1) is 17.3 Å². The topological polar surface area (TPSA) is 222 Å². The van der Waals surface area contributed by atoms with Crippen molar-refractivity contribution in [3.63, 3.8) is 0 Å². The Morgan fingerprint density at radius 3 is 1.73 bits per heavy atom. The number of alkyl halides is 3. The van der Waals surface area contributed by atoms with Gasteiger partial charge in [0.15, 0.2) is 22.4 Å². The maximum Gasteiger partial charge on any atom is 0.475 e. The van der Waals surface area contributed by atoms with E-state index in [2.05, 4.69) is 50.5 Å². The Bertz CT molecular complexity index is 2360.